The highest BCUT2D eigenvalue weighted by Crippen LogP contribution is 2.34. The monoisotopic (exact) mass is 424 g/mol. The van der Waals surface area contributed by atoms with E-state index in [-0.39, 0.29) is 30.3 Å². The number of amides is 2. The van der Waals surface area contributed by atoms with Crippen LogP contribution in [0.2, 0.25) is 0 Å². The van der Waals surface area contributed by atoms with E-state index in [9.17, 15) is 9.59 Å². The van der Waals surface area contributed by atoms with Crippen molar-refractivity contribution in [2.75, 3.05) is 6.54 Å². The van der Waals surface area contributed by atoms with Crippen LogP contribution in [0, 0.1) is 12.8 Å². The fourth-order valence-corrected chi connectivity index (χ4v) is 5.29. The van der Waals surface area contributed by atoms with E-state index in [1.54, 1.807) is 11.3 Å². The summed E-state index contributed by atoms with van der Waals surface area (Å²) in [4.78, 5) is 32.8. The summed E-state index contributed by atoms with van der Waals surface area (Å²) in [5.74, 6) is 0.425. The predicted molar refractivity (Wildman–Crippen MR) is 121 cm³/mol. The van der Waals surface area contributed by atoms with E-state index in [1.807, 2.05) is 28.0 Å². The Morgan fingerprint density at radius 1 is 0.933 bits per heavy atom. The van der Waals surface area contributed by atoms with Crippen LogP contribution in [0.4, 0.5) is 0 Å². The second kappa shape index (κ2) is 9.78. The molecule has 2 fully saturated rings. The van der Waals surface area contributed by atoms with Crippen molar-refractivity contribution >= 4 is 23.2 Å². The maximum Gasteiger partial charge on any atom is 0.242 e. The largest absolute Gasteiger partial charge is 0.332 e. The molecule has 2 aliphatic rings. The molecule has 0 spiro atoms. The molecular weight excluding hydrogens is 392 g/mol. The number of benzene rings is 1. The number of thiophene rings is 1. The Labute approximate surface area is 183 Å². The van der Waals surface area contributed by atoms with Gasteiger partial charge in [-0.25, -0.2) is 0 Å². The number of hydrogen-bond acceptors (Lipinski definition) is 3. The van der Waals surface area contributed by atoms with Crippen molar-refractivity contribution in [3.8, 4) is 0 Å². The first-order valence-corrected chi connectivity index (χ1v) is 12.1. The van der Waals surface area contributed by atoms with Crippen molar-refractivity contribution in [2.24, 2.45) is 5.92 Å². The van der Waals surface area contributed by atoms with Gasteiger partial charge in [-0.15, -0.1) is 11.3 Å². The van der Waals surface area contributed by atoms with Gasteiger partial charge in [0.25, 0.3) is 0 Å². The molecule has 1 aromatic carbocycles. The minimum absolute atomic E-state index is 0.0597. The van der Waals surface area contributed by atoms with E-state index in [2.05, 4.69) is 31.2 Å². The Hall–Kier alpha value is -2.14. The average molecular weight is 425 g/mol. The van der Waals surface area contributed by atoms with Gasteiger partial charge in [-0.05, 0) is 50.3 Å². The maximum atomic E-state index is 13.5. The van der Waals surface area contributed by atoms with Crippen molar-refractivity contribution in [1.82, 2.24) is 9.80 Å². The molecule has 160 valence electrons. The number of rotatable bonds is 8. The van der Waals surface area contributed by atoms with Crippen molar-refractivity contribution in [1.29, 1.82) is 0 Å². The van der Waals surface area contributed by atoms with Gasteiger partial charge in [0.1, 0.15) is 6.54 Å². The van der Waals surface area contributed by atoms with Crippen molar-refractivity contribution in [3.63, 3.8) is 0 Å². The lowest BCUT2D eigenvalue weighted by Crippen LogP contribution is -2.48. The molecule has 2 saturated carbocycles. The van der Waals surface area contributed by atoms with Crippen LogP contribution < -0.4 is 0 Å². The van der Waals surface area contributed by atoms with E-state index in [0.717, 1.165) is 44.1 Å². The van der Waals surface area contributed by atoms with Crippen LogP contribution in [0.5, 0.6) is 0 Å². The molecule has 2 amide bonds. The molecule has 2 aliphatic carbocycles. The van der Waals surface area contributed by atoms with Crippen LogP contribution in [0.1, 0.15) is 60.3 Å². The predicted octanol–water partition coefficient (Wildman–Crippen LogP) is 5.16. The van der Waals surface area contributed by atoms with Crippen molar-refractivity contribution in [2.45, 2.75) is 71.0 Å². The Morgan fingerprint density at radius 3 is 2.30 bits per heavy atom. The molecule has 0 saturated heterocycles. The highest BCUT2D eigenvalue weighted by Gasteiger charge is 2.38. The molecule has 5 heteroatoms. The molecule has 0 bridgehead atoms. The smallest absolute Gasteiger partial charge is 0.242 e. The quantitative estimate of drug-likeness (QED) is 0.587. The third kappa shape index (κ3) is 5.51. The molecule has 1 aromatic heterocycles. The second-order valence-electron chi connectivity index (χ2n) is 8.78. The fraction of sp³-hybridized carbons (Fsp3) is 0.520. The molecule has 30 heavy (non-hydrogen) atoms. The number of carbonyl (C=O) groups is 2. The number of carbonyl (C=O) groups excluding carboxylic acids is 2. The van der Waals surface area contributed by atoms with Crippen LogP contribution in [0.25, 0.3) is 0 Å². The van der Waals surface area contributed by atoms with Gasteiger partial charge in [-0.2, -0.15) is 0 Å². The van der Waals surface area contributed by atoms with E-state index >= 15 is 0 Å². The van der Waals surface area contributed by atoms with E-state index < -0.39 is 0 Å². The molecule has 4 nitrogen and oxygen atoms in total. The third-order valence-corrected chi connectivity index (χ3v) is 7.23. The summed E-state index contributed by atoms with van der Waals surface area (Å²) in [6.07, 6.45) is 7.61. The van der Waals surface area contributed by atoms with Gasteiger partial charge in [-0.3, -0.25) is 9.59 Å². The second-order valence-corrected chi connectivity index (χ2v) is 10.2. The Morgan fingerprint density at radius 2 is 1.67 bits per heavy atom. The first kappa shape index (κ1) is 21.1. The molecule has 1 heterocycles. The number of hydrogen-bond donors (Lipinski definition) is 0. The zero-order valence-corrected chi connectivity index (χ0v) is 18.7. The SMILES string of the molecule is Cc1ccc(CN(Cc2ccccc2)C(=O)CN(C(=O)C2CC2)C2CCCCC2)s1. The van der Waals surface area contributed by atoms with Crippen molar-refractivity contribution in [3.05, 3.63) is 57.8 Å². The Bertz CT molecular complexity index is 853. The zero-order chi connectivity index (χ0) is 20.9. The zero-order valence-electron chi connectivity index (χ0n) is 17.9. The van der Waals surface area contributed by atoms with Gasteiger partial charge < -0.3 is 9.80 Å². The van der Waals surface area contributed by atoms with Crippen molar-refractivity contribution < 1.29 is 9.59 Å². The first-order valence-electron chi connectivity index (χ1n) is 11.3. The summed E-state index contributed by atoms with van der Waals surface area (Å²) >= 11 is 1.74. The topological polar surface area (TPSA) is 40.6 Å². The Balaban J connectivity index is 1.51. The minimum Gasteiger partial charge on any atom is -0.332 e. The molecule has 0 atom stereocenters. The van der Waals surface area contributed by atoms with E-state index in [1.165, 1.54) is 16.2 Å². The maximum absolute atomic E-state index is 13.5. The van der Waals surface area contributed by atoms with E-state index in [4.69, 9.17) is 0 Å². The molecule has 4 rings (SSSR count). The lowest BCUT2D eigenvalue weighted by molar-refractivity contribution is -0.144. The third-order valence-electron chi connectivity index (χ3n) is 6.24. The van der Waals surface area contributed by atoms with Gasteiger partial charge >= 0.3 is 0 Å². The minimum atomic E-state index is 0.0597. The molecule has 0 N–H and O–H groups in total. The van der Waals surface area contributed by atoms with Gasteiger partial charge in [-0.1, -0.05) is 49.6 Å². The van der Waals surface area contributed by atoms with E-state index in [0.29, 0.717) is 13.1 Å². The summed E-state index contributed by atoms with van der Waals surface area (Å²) < 4.78 is 0. The number of nitrogens with zero attached hydrogens (tertiary/aromatic N) is 2. The normalized spacial score (nSPS) is 17.0. The molecular formula is C25H32N2O2S. The molecule has 0 aliphatic heterocycles. The van der Waals surface area contributed by atoms with Gasteiger partial charge in [0.2, 0.25) is 11.8 Å². The lowest BCUT2D eigenvalue weighted by atomic mass is 9.93. The van der Waals surface area contributed by atoms with Gasteiger partial charge in [0, 0.05) is 28.3 Å². The first-order chi connectivity index (χ1) is 14.6. The van der Waals surface area contributed by atoms with Gasteiger partial charge in [0.15, 0.2) is 0 Å². The van der Waals surface area contributed by atoms with Crippen LogP contribution in [0.3, 0.4) is 0 Å². The van der Waals surface area contributed by atoms with Crippen LogP contribution in [-0.4, -0.2) is 34.2 Å². The number of aryl methyl sites for hydroxylation is 1. The highest BCUT2D eigenvalue weighted by atomic mass is 32.1. The summed E-state index contributed by atoms with van der Waals surface area (Å²) in [5.41, 5.74) is 1.12. The molecule has 0 unspecified atom stereocenters. The lowest BCUT2D eigenvalue weighted by Gasteiger charge is -2.35. The highest BCUT2D eigenvalue weighted by molar-refractivity contribution is 7.11. The van der Waals surface area contributed by atoms with Crippen LogP contribution in [0.15, 0.2) is 42.5 Å². The van der Waals surface area contributed by atoms with Crippen LogP contribution in [-0.2, 0) is 22.7 Å². The molecule has 2 aromatic rings. The summed E-state index contributed by atoms with van der Waals surface area (Å²) in [6.45, 7) is 3.49. The summed E-state index contributed by atoms with van der Waals surface area (Å²) in [7, 11) is 0. The molecule has 0 radical (unpaired) electrons. The Kier molecular flexibility index (Phi) is 6.88. The van der Waals surface area contributed by atoms with Crippen LogP contribution >= 0.6 is 11.3 Å². The fourth-order valence-electron chi connectivity index (χ4n) is 4.38. The van der Waals surface area contributed by atoms with Gasteiger partial charge in [0.05, 0.1) is 6.54 Å². The average Bonchev–Trinajstić information content (AvgIpc) is 3.54. The summed E-state index contributed by atoms with van der Waals surface area (Å²) in [5, 5.41) is 0. The summed E-state index contributed by atoms with van der Waals surface area (Å²) in [6, 6.07) is 14.6. The standard InChI is InChI=1S/C25H32N2O2S/c1-19-12-15-23(30-19)17-26(16-20-8-4-2-5-9-20)24(28)18-27(25(29)21-13-14-21)22-10-6-3-7-11-22/h2,4-5,8-9,12,15,21-22H,3,6-7,10-11,13-14,16-18H2,1H3.